The molecule has 4 nitrogen and oxygen atoms in total. The van der Waals surface area contributed by atoms with Gasteiger partial charge in [-0.15, -0.1) is 0 Å². The molecule has 1 unspecified atom stereocenters. The third kappa shape index (κ3) is 4.53. The molecule has 0 aliphatic rings. The van der Waals surface area contributed by atoms with E-state index in [4.69, 9.17) is 10.2 Å². The van der Waals surface area contributed by atoms with Crippen LogP contribution in [-0.2, 0) is 6.54 Å². The largest absolute Gasteiger partial charge is 0.465 e. The van der Waals surface area contributed by atoms with Gasteiger partial charge in [0.15, 0.2) is 0 Å². The number of carbonyl (C=O) groups is 1. The number of hydrogen-bond acceptors (Lipinski definition) is 2. The highest BCUT2D eigenvalue weighted by Crippen LogP contribution is 2.09. The summed E-state index contributed by atoms with van der Waals surface area (Å²) in [4.78, 5) is 10.3. The maximum absolute atomic E-state index is 13.3. The van der Waals surface area contributed by atoms with Crippen LogP contribution in [0.3, 0.4) is 0 Å². The quantitative estimate of drug-likeness (QED) is 0.679. The van der Waals surface area contributed by atoms with Gasteiger partial charge in [-0.05, 0) is 25.1 Å². The molecule has 0 radical (unpaired) electrons. The van der Waals surface area contributed by atoms with E-state index >= 15 is 0 Å². The van der Waals surface area contributed by atoms with Crippen molar-refractivity contribution in [1.82, 2.24) is 5.32 Å². The molecule has 1 atom stereocenters. The molecule has 0 aromatic heterocycles. The number of carboxylic acid groups (broad SMARTS) is 1. The van der Waals surface area contributed by atoms with Crippen LogP contribution in [-0.4, -0.2) is 22.4 Å². The van der Waals surface area contributed by atoms with Crippen molar-refractivity contribution in [3.63, 3.8) is 0 Å². The zero-order valence-corrected chi connectivity index (χ0v) is 9.20. The Bertz CT molecular complexity index is 474. The summed E-state index contributed by atoms with van der Waals surface area (Å²) in [5.74, 6) is 4.68. The normalized spacial score (nSPS) is 11.2. The Labute approximate surface area is 98.1 Å². The average Bonchev–Trinajstić information content (AvgIpc) is 2.26. The van der Waals surface area contributed by atoms with Gasteiger partial charge < -0.3 is 15.5 Å². The van der Waals surface area contributed by atoms with Crippen molar-refractivity contribution < 1.29 is 19.4 Å². The van der Waals surface area contributed by atoms with Gasteiger partial charge in [-0.25, -0.2) is 9.18 Å². The fourth-order valence-electron chi connectivity index (χ4n) is 1.15. The summed E-state index contributed by atoms with van der Waals surface area (Å²) in [7, 11) is 0. The van der Waals surface area contributed by atoms with Crippen molar-refractivity contribution in [2.45, 2.75) is 19.6 Å². The SMILES string of the molecule is CC(O)C#Cc1ccc(F)c(CNC(=O)O)c1. The maximum atomic E-state index is 13.3. The lowest BCUT2D eigenvalue weighted by Gasteiger charge is -2.03. The van der Waals surface area contributed by atoms with E-state index in [0.717, 1.165) is 0 Å². The molecule has 0 fully saturated rings. The fourth-order valence-corrected chi connectivity index (χ4v) is 1.15. The first-order valence-electron chi connectivity index (χ1n) is 4.94. The number of nitrogens with one attached hydrogen (secondary N) is 1. The minimum absolute atomic E-state index is 0.120. The van der Waals surface area contributed by atoms with Gasteiger partial charge in [0, 0.05) is 17.7 Å². The summed E-state index contributed by atoms with van der Waals surface area (Å²) in [5, 5.41) is 19.5. The molecule has 1 amide bonds. The zero-order chi connectivity index (χ0) is 12.8. The highest BCUT2D eigenvalue weighted by Gasteiger charge is 2.04. The van der Waals surface area contributed by atoms with Gasteiger partial charge >= 0.3 is 6.09 Å². The van der Waals surface area contributed by atoms with Gasteiger partial charge in [0.1, 0.15) is 11.9 Å². The second kappa shape index (κ2) is 5.87. The lowest BCUT2D eigenvalue weighted by Crippen LogP contribution is -2.20. The van der Waals surface area contributed by atoms with Gasteiger partial charge in [0.05, 0.1) is 0 Å². The van der Waals surface area contributed by atoms with Crippen LogP contribution in [0.1, 0.15) is 18.1 Å². The maximum Gasteiger partial charge on any atom is 0.404 e. The molecular weight excluding hydrogens is 225 g/mol. The minimum Gasteiger partial charge on any atom is -0.465 e. The van der Waals surface area contributed by atoms with Crippen LogP contribution < -0.4 is 5.32 Å². The summed E-state index contributed by atoms with van der Waals surface area (Å²) in [6.45, 7) is 1.40. The molecule has 0 saturated carbocycles. The third-order valence-corrected chi connectivity index (χ3v) is 1.90. The number of rotatable bonds is 2. The average molecular weight is 237 g/mol. The topological polar surface area (TPSA) is 69.6 Å². The Morgan fingerprint density at radius 3 is 2.88 bits per heavy atom. The van der Waals surface area contributed by atoms with Crippen molar-refractivity contribution in [2.75, 3.05) is 0 Å². The molecule has 0 bridgehead atoms. The van der Waals surface area contributed by atoms with E-state index in [1.165, 1.54) is 25.1 Å². The lowest BCUT2D eigenvalue weighted by atomic mass is 10.1. The zero-order valence-electron chi connectivity index (χ0n) is 9.20. The molecule has 1 rings (SSSR count). The molecule has 0 saturated heterocycles. The van der Waals surface area contributed by atoms with Crippen LogP contribution in [0.4, 0.5) is 9.18 Å². The van der Waals surface area contributed by atoms with Gasteiger partial charge in [0.2, 0.25) is 0 Å². The monoisotopic (exact) mass is 237 g/mol. The first kappa shape index (κ1) is 13.0. The minimum atomic E-state index is -1.22. The first-order valence-corrected chi connectivity index (χ1v) is 4.94. The molecule has 5 heteroatoms. The summed E-state index contributed by atoms with van der Waals surface area (Å²) in [6, 6.07) is 4.13. The Balaban J connectivity index is 2.87. The van der Waals surface area contributed by atoms with E-state index in [-0.39, 0.29) is 12.1 Å². The second-order valence-electron chi connectivity index (χ2n) is 3.41. The van der Waals surface area contributed by atoms with E-state index in [9.17, 15) is 9.18 Å². The predicted molar refractivity (Wildman–Crippen MR) is 59.8 cm³/mol. The van der Waals surface area contributed by atoms with Crippen LogP contribution in [0.5, 0.6) is 0 Å². The van der Waals surface area contributed by atoms with Gasteiger partial charge in [-0.2, -0.15) is 0 Å². The van der Waals surface area contributed by atoms with E-state index in [2.05, 4.69) is 17.2 Å². The molecule has 1 aromatic rings. The summed E-state index contributed by atoms with van der Waals surface area (Å²) >= 11 is 0. The number of amides is 1. The highest BCUT2D eigenvalue weighted by molar-refractivity contribution is 5.64. The van der Waals surface area contributed by atoms with Crippen LogP contribution in [0.2, 0.25) is 0 Å². The molecule has 90 valence electrons. The van der Waals surface area contributed by atoms with E-state index in [1.807, 2.05) is 0 Å². The molecule has 1 aromatic carbocycles. The second-order valence-corrected chi connectivity index (χ2v) is 3.41. The van der Waals surface area contributed by atoms with Gasteiger partial charge in [-0.1, -0.05) is 11.8 Å². The Morgan fingerprint density at radius 2 is 2.29 bits per heavy atom. The Hall–Kier alpha value is -2.06. The first-order chi connectivity index (χ1) is 7.99. The summed E-state index contributed by atoms with van der Waals surface area (Å²) in [6.07, 6.45) is -1.98. The van der Waals surface area contributed by atoms with Crippen LogP contribution >= 0.6 is 0 Å². The fraction of sp³-hybridized carbons (Fsp3) is 0.250. The molecule has 0 heterocycles. The highest BCUT2D eigenvalue weighted by atomic mass is 19.1. The van der Waals surface area contributed by atoms with Crippen molar-refractivity contribution in [2.24, 2.45) is 0 Å². The van der Waals surface area contributed by atoms with E-state index in [1.54, 1.807) is 0 Å². The molecular formula is C12H12FNO3. The van der Waals surface area contributed by atoms with Crippen molar-refractivity contribution in [1.29, 1.82) is 0 Å². The standard InChI is InChI=1S/C12H12FNO3/c1-8(15)2-3-9-4-5-11(13)10(6-9)7-14-12(16)17/h4-6,8,14-15H,7H2,1H3,(H,16,17). The molecule has 3 N–H and O–H groups in total. The number of benzene rings is 1. The van der Waals surface area contributed by atoms with Gasteiger partial charge in [-0.3, -0.25) is 0 Å². The number of hydrogen-bond donors (Lipinski definition) is 3. The van der Waals surface area contributed by atoms with E-state index in [0.29, 0.717) is 5.56 Å². The predicted octanol–water partition coefficient (Wildman–Crippen LogP) is 1.33. The van der Waals surface area contributed by atoms with Crippen LogP contribution in [0.15, 0.2) is 18.2 Å². The molecule has 0 aliphatic carbocycles. The summed E-state index contributed by atoms with van der Waals surface area (Å²) in [5.41, 5.74) is 0.735. The Kier molecular flexibility index (Phi) is 4.49. The molecule has 17 heavy (non-hydrogen) atoms. The third-order valence-electron chi connectivity index (χ3n) is 1.90. The van der Waals surface area contributed by atoms with Crippen molar-refractivity contribution >= 4 is 6.09 Å². The van der Waals surface area contributed by atoms with E-state index < -0.39 is 18.0 Å². The summed E-state index contributed by atoms with van der Waals surface area (Å²) < 4.78 is 13.3. The number of aliphatic hydroxyl groups excluding tert-OH is 1. The van der Waals surface area contributed by atoms with Crippen LogP contribution in [0.25, 0.3) is 0 Å². The van der Waals surface area contributed by atoms with Crippen molar-refractivity contribution in [3.8, 4) is 11.8 Å². The molecule has 0 aliphatic heterocycles. The number of aliphatic hydroxyl groups is 1. The van der Waals surface area contributed by atoms with Crippen molar-refractivity contribution in [3.05, 3.63) is 35.1 Å². The lowest BCUT2D eigenvalue weighted by molar-refractivity contribution is 0.194. The van der Waals surface area contributed by atoms with Crippen LogP contribution in [0, 0.1) is 17.7 Å². The number of halogens is 1. The smallest absolute Gasteiger partial charge is 0.404 e. The van der Waals surface area contributed by atoms with Gasteiger partial charge in [0.25, 0.3) is 0 Å². The Morgan fingerprint density at radius 1 is 1.59 bits per heavy atom. The molecule has 0 spiro atoms.